The van der Waals surface area contributed by atoms with Crippen molar-refractivity contribution in [2.45, 2.75) is 65.7 Å². The van der Waals surface area contributed by atoms with E-state index in [1.54, 1.807) is 5.92 Å². The maximum absolute atomic E-state index is 2.35. The second-order valence-electron chi connectivity index (χ2n) is 4.07. The molecule has 0 aliphatic heterocycles. The van der Waals surface area contributed by atoms with Crippen LogP contribution in [0.4, 0.5) is 0 Å². The summed E-state index contributed by atoms with van der Waals surface area (Å²) in [6.07, 6.45) is 13.9. The first-order chi connectivity index (χ1) is 6.27. The van der Waals surface area contributed by atoms with Gasteiger partial charge in [-0.15, -0.1) is 0 Å². The Morgan fingerprint density at radius 1 is 0.923 bits per heavy atom. The number of hydrogen-bond acceptors (Lipinski definition) is 0. The lowest BCUT2D eigenvalue weighted by Crippen LogP contribution is -1.83. The van der Waals surface area contributed by atoms with Crippen LogP contribution in [0.2, 0.25) is 0 Å². The van der Waals surface area contributed by atoms with Crippen molar-refractivity contribution in [1.82, 2.24) is 0 Å². The summed E-state index contributed by atoms with van der Waals surface area (Å²) in [6.45, 7) is 6.68. The Labute approximate surface area is 84.4 Å². The van der Waals surface area contributed by atoms with Gasteiger partial charge in [-0.1, -0.05) is 52.2 Å². The first-order valence-corrected chi connectivity index (χ1v) is 5.71. The molecule has 0 saturated carbocycles. The Morgan fingerprint density at radius 3 is 2.08 bits per heavy atom. The summed E-state index contributed by atoms with van der Waals surface area (Å²) < 4.78 is 0. The normalized spacial score (nSPS) is 11.7. The van der Waals surface area contributed by atoms with Gasteiger partial charge in [-0.25, -0.2) is 0 Å². The quantitative estimate of drug-likeness (QED) is 0.369. The van der Waals surface area contributed by atoms with Gasteiger partial charge in [-0.2, -0.15) is 0 Å². The summed E-state index contributed by atoms with van der Waals surface area (Å²) in [5.41, 5.74) is 0. The molecule has 0 heteroatoms. The topological polar surface area (TPSA) is 0 Å². The summed E-state index contributed by atoms with van der Waals surface area (Å²) in [4.78, 5) is 0. The van der Waals surface area contributed by atoms with Crippen LogP contribution in [0.25, 0.3) is 0 Å². The van der Waals surface area contributed by atoms with E-state index in [0.717, 1.165) is 0 Å². The third kappa shape index (κ3) is 11.7. The lowest BCUT2D eigenvalue weighted by Gasteiger charge is -2.01. The van der Waals surface area contributed by atoms with Crippen molar-refractivity contribution in [3.63, 3.8) is 0 Å². The predicted molar refractivity (Wildman–Crippen MR) is 61.7 cm³/mol. The second kappa shape index (κ2) is 9.83. The fraction of sp³-hybridized carbons (Fsp3) is 0.769. The highest BCUT2D eigenvalue weighted by Crippen LogP contribution is 2.10. The zero-order valence-electron chi connectivity index (χ0n) is 9.60. The maximum Gasteiger partial charge on any atom is -0.0303 e. The van der Waals surface area contributed by atoms with E-state index in [0.29, 0.717) is 0 Å². The first-order valence-electron chi connectivity index (χ1n) is 5.71. The zero-order chi connectivity index (χ0) is 9.94. The molecule has 0 aromatic carbocycles. The van der Waals surface area contributed by atoms with Crippen LogP contribution in [0.1, 0.15) is 65.7 Å². The SMILES string of the molecule is CCCCC=CCCCC[C](C)C. The molecule has 0 aromatic rings. The molecule has 0 heterocycles. The highest BCUT2D eigenvalue weighted by molar-refractivity contribution is 4.82. The molecule has 0 nitrogen and oxygen atoms in total. The molecule has 0 bridgehead atoms. The van der Waals surface area contributed by atoms with Gasteiger partial charge in [0.25, 0.3) is 0 Å². The molecule has 0 aliphatic rings. The summed E-state index contributed by atoms with van der Waals surface area (Å²) in [5.74, 6) is 1.56. The van der Waals surface area contributed by atoms with E-state index in [1.807, 2.05) is 0 Å². The lowest BCUT2D eigenvalue weighted by atomic mass is 10.1. The molecule has 0 aromatic heterocycles. The minimum Gasteiger partial charge on any atom is -0.0885 e. The number of rotatable bonds is 8. The fourth-order valence-corrected chi connectivity index (χ4v) is 1.30. The Hall–Kier alpha value is -0.260. The molecule has 13 heavy (non-hydrogen) atoms. The van der Waals surface area contributed by atoms with Crippen LogP contribution < -0.4 is 0 Å². The van der Waals surface area contributed by atoms with E-state index in [1.165, 1.54) is 44.9 Å². The molecule has 0 fully saturated rings. The molecule has 0 amide bonds. The first kappa shape index (κ1) is 12.7. The maximum atomic E-state index is 2.35. The monoisotopic (exact) mass is 181 g/mol. The smallest absolute Gasteiger partial charge is 0.0303 e. The molecular weight excluding hydrogens is 156 g/mol. The van der Waals surface area contributed by atoms with E-state index in [2.05, 4.69) is 32.9 Å². The Balaban J connectivity index is 3.02. The van der Waals surface area contributed by atoms with Gasteiger partial charge in [0.05, 0.1) is 0 Å². The van der Waals surface area contributed by atoms with Crippen LogP contribution >= 0.6 is 0 Å². The predicted octanol–water partition coefficient (Wildman–Crippen LogP) is 4.91. The fourth-order valence-electron chi connectivity index (χ4n) is 1.30. The molecule has 0 saturated heterocycles. The van der Waals surface area contributed by atoms with Crippen molar-refractivity contribution in [1.29, 1.82) is 0 Å². The van der Waals surface area contributed by atoms with Crippen molar-refractivity contribution >= 4 is 0 Å². The molecular formula is C13H25. The van der Waals surface area contributed by atoms with E-state index in [9.17, 15) is 0 Å². The Morgan fingerprint density at radius 2 is 1.54 bits per heavy atom. The average Bonchev–Trinajstić information content (AvgIpc) is 2.09. The standard InChI is InChI=1S/C13H25/c1-4-5-6-7-8-9-10-11-12-13(2)3/h7-8H,4-6,9-12H2,1-3H3. The third-order valence-corrected chi connectivity index (χ3v) is 2.19. The van der Waals surface area contributed by atoms with Crippen molar-refractivity contribution in [3.8, 4) is 0 Å². The van der Waals surface area contributed by atoms with E-state index >= 15 is 0 Å². The van der Waals surface area contributed by atoms with Gasteiger partial charge in [0.1, 0.15) is 0 Å². The van der Waals surface area contributed by atoms with Crippen LogP contribution in [0.5, 0.6) is 0 Å². The highest BCUT2D eigenvalue weighted by atomic mass is 14.0. The summed E-state index contributed by atoms with van der Waals surface area (Å²) >= 11 is 0. The van der Waals surface area contributed by atoms with Crippen LogP contribution in [-0.4, -0.2) is 0 Å². The third-order valence-electron chi connectivity index (χ3n) is 2.19. The second-order valence-corrected chi connectivity index (χ2v) is 4.07. The van der Waals surface area contributed by atoms with Crippen molar-refractivity contribution < 1.29 is 0 Å². The van der Waals surface area contributed by atoms with Gasteiger partial charge in [0, 0.05) is 0 Å². The van der Waals surface area contributed by atoms with Crippen molar-refractivity contribution in [2.75, 3.05) is 0 Å². The largest absolute Gasteiger partial charge is 0.0885 e. The minimum atomic E-state index is 1.27. The van der Waals surface area contributed by atoms with Crippen LogP contribution in [0.15, 0.2) is 12.2 Å². The van der Waals surface area contributed by atoms with E-state index in [-0.39, 0.29) is 0 Å². The van der Waals surface area contributed by atoms with E-state index in [4.69, 9.17) is 0 Å². The number of unbranched alkanes of at least 4 members (excludes halogenated alkanes) is 4. The highest BCUT2D eigenvalue weighted by Gasteiger charge is 1.92. The average molecular weight is 181 g/mol. The molecule has 0 rings (SSSR count). The van der Waals surface area contributed by atoms with Gasteiger partial charge in [0.15, 0.2) is 0 Å². The van der Waals surface area contributed by atoms with Gasteiger partial charge >= 0.3 is 0 Å². The van der Waals surface area contributed by atoms with Gasteiger partial charge < -0.3 is 0 Å². The Kier molecular flexibility index (Phi) is 9.63. The van der Waals surface area contributed by atoms with Gasteiger partial charge in [0.2, 0.25) is 0 Å². The molecule has 0 spiro atoms. The lowest BCUT2D eigenvalue weighted by molar-refractivity contribution is 0.696. The van der Waals surface area contributed by atoms with Crippen LogP contribution in [0, 0.1) is 5.92 Å². The summed E-state index contributed by atoms with van der Waals surface area (Å²) in [7, 11) is 0. The van der Waals surface area contributed by atoms with Crippen LogP contribution in [-0.2, 0) is 0 Å². The molecule has 0 atom stereocenters. The van der Waals surface area contributed by atoms with Crippen molar-refractivity contribution in [3.05, 3.63) is 18.1 Å². The number of allylic oxidation sites excluding steroid dienone is 2. The summed E-state index contributed by atoms with van der Waals surface area (Å²) in [6, 6.07) is 0. The summed E-state index contributed by atoms with van der Waals surface area (Å²) in [5, 5.41) is 0. The zero-order valence-corrected chi connectivity index (χ0v) is 9.60. The molecule has 77 valence electrons. The van der Waals surface area contributed by atoms with E-state index < -0.39 is 0 Å². The molecule has 0 aliphatic carbocycles. The molecule has 0 unspecified atom stereocenters. The minimum absolute atomic E-state index is 1.27. The van der Waals surface area contributed by atoms with Crippen LogP contribution in [0.3, 0.4) is 0 Å². The number of hydrogen-bond donors (Lipinski definition) is 0. The Bertz CT molecular complexity index is 111. The van der Waals surface area contributed by atoms with Gasteiger partial charge in [-0.3, -0.25) is 0 Å². The van der Waals surface area contributed by atoms with Crippen molar-refractivity contribution in [2.24, 2.45) is 0 Å². The molecule has 0 N–H and O–H groups in total. The van der Waals surface area contributed by atoms with Gasteiger partial charge in [-0.05, 0) is 31.6 Å². The molecule has 1 radical (unpaired) electrons.